The van der Waals surface area contributed by atoms with Crippen molar-refractivity contribution in [1.29, 1.82) is 0 Å². The summed E-state index contributed by atoms with van der Waals surface area (Å²) in [6, 6.07) is 3.03. The molecular weight excluding hydrogens is 370 g/mol. The summed E-state index contributed by atoms with van der Waals surface area (Å²) < 4.78 is 11.7. The normalized spacial score (nSPS) is 15.9. The van der Waals surface area contributed by atoms with E-state index >= 15 is 0 Å². The first-order valence-electron chi connectivity index (χ1n) is 8.31. The first kappa shape index (κ1) is 19.2. The van der Waals surface area contributed by atoms with Crippen LogP contribution in [0.15, 0.2) is 22.1 Å². The van der Waals surface area contributed by atoms with Crippen molar-refractivity contribution in [2.45, 2.75) is 24.5 Å². The van der Waals surface area contributed by atoms with Crippen molar-refractivity contribution in [1.82, 2.24) is 14.9 Å². The van der Waals surface area contributed by atoms with Gasteiger partial charge in [0.25, 0.3) is 5.56 Å². The maximum Gasteiger partial charge on any atom is 0.270 e. The van der Waals surface area contributed by atoms with Crippen molar-refractivity contribution >= 4 is 17.7 Å². The number of methoxy groups -OCH3 is 2. The van der Waals surface area contributed by atoms with Gasteiger partial charge in [-0.25, -0.2) is 4.57 Å². The SMILES string of the molecule is COc1cc2c(cc1OC)[C@@H](c1c(O)nc(SC)n(C(C)=O)c1=O)NCC2. The van der Waals surface area contributed by atoms with Gasteiger partial charge in [-0.3, -0.25) is 9.59 Å². The van der Waals surface area contributed by atoms with Crippen LogP contribution in [0.1, 0.15) is 34.5 Å². The van der Waals surface area contributed by atoms with Crippen LogP contribution in [0.25, 0.3) is 0 Å². The Kier molecular flexibility index (Phi) is 5.43. The highest BCUT2D eigenvalue weighted by molar-refractivity contribution is 7.98. The smallest absolute Gasteiger partial charge is 0.270 e. The molecule has 2 N–H and O–H groups in total. The molecule has 0 bridgehead atoms. The quantitative estimate of drug-likeness (QED) is 0.598. The lowest BCUT2D eigenvalue weighted by Crippen LogP contribution is -2.38. The second-order valence-electron chi connectivity index (χ2n) is 6.04. The van der Waals surface area contributed by atoms with Crippen LogP contribution in [0.5, 0.6) is 17.4 Å². The predicted molar refractivity (Wildman–Crippen MR) is 101 cm³/mol. The molecule has 2 aromatic rings. The first-order chi connectivity index (χ1) is 12.9. The summed E-state index contributed by atoms with van der Waals surface area (Å²) in [4.78, 5) is 29.1. The van der Waals surface area contributed by atoms with Gasteiger partial charge in [-0.1, -0.05) is 11.8 Å². The molecular formula is C18H21N3O5S. The Hall–Kier alpha value is -2.52. The molecule has 0 spiro atoms. The Morgan fingerprint density at radius 1 is 1.33 bits per heavy atom. The van der Waals surface area contributed by atoms with Crippen LogP contribution in [0.3, 0.4) is 0 Å². The van der Waals surface area contributed by atoms with Gasteiger partial charge in [-0.05, 0) is 35.9 Å². The highest BCUT2D eigenvalue weighted by atomic mass is 32.2. The summed E-state index contributed by atoms with van der Waals surface area (Å²) in [5.41, 5.74) is 1.20. The van der Waals surface area contributed by atoms with E-state index in [-0.39, 0.29) is 16.6 Å². The van der Waals surface area contributed by atoms with Crippen LogP contribution in [0.4, 0.5) is 0 Å². The van der Waals surface area contributed by atoms with E-state index in [0.29, 0.717) is 18.0 Å². The van der Waals surface area contributed by atoms with Crippen LogP contribution >= 0.6 is 11.8 Å². The molecule has 2 heterocycles. The van der Waals surface area contributed by atoms with Gasteiger partial charge < -0.3 is 19.9 Å². The van der Waals surface area contributed by atoms with E-state index in [1.54, 1.807) is 19.4 Å². The molecule has 27 heavy (non-hydrogen) atoms. The van der Waals surface area contributed by atoms with Crippen molar-refractivity contribution in [2.75, 3.05) is 27.0 Å². The zero-order chi connectivity index (χ0) is 19.7. The number of hydrogen-bond acceptors (Lipinski definition) is 8. The number of hydrogen-bond donors (Lipinski definition) is 2. The summed E-state index contributed by atoms with van der Waals surface area (Å²) in [6.45, 7) is 1.89. The zero-order valence-electron chi connectivity index (χ0n) is 15.5. The van der Waals surface area contributed by atoms with Gasteiger partial charge in [0, 0.05) is 13.5 Å². The minimum absolute atomic E-state index is 0.0381. The van der Waals surface area contributed by atoms with E-state index in [2.05, 4.69) is 10.3 Å². The Labute approximate surface area is 160 Å². The molecule has 0 amide bonds. The average Bonchev–Trinajstić information content (AvgIpc) is 2.65. The van der Waals surface area contributed by atoms with Crippen molar-refractivity contribution in [3.8, 4) is 17.4 Å². The molecule has 1 aromatic heterocycles. The Bertz CT molecular complexity index is 957. The molecule has 0 unspecified atom stereocenters. The van der Waals surface area contributed by atoms with Crippen molar-refractivity contribution in [3.63, 3.8) is 0 Å². The van der Waals surface area contributed by atoms with Crippen LogP contribution in [0.2, 0.25) is 0 Å². The number of carbonyl (C=O) groups is 1. The lowest BCUT2D eigenvalue weighted by Gasteiger charge is -2.28. The third kappa shape index (κ3) is 3.28. The van der Waals surface area contributed by atoms with E-state index in [1.807, 2.05) is 6.07 Å². The minimum atomic E-state index is -0.616. The van der Waals surface area contributed by atoms with Gasteiger partial charge in [-0.15, -0.1) is 0 Å². The Balaban J connectivity index is 2.24. The number of nitrogens with one attached hydrogen (secondary N) is 1. The van der Waals surface area contributed by atoms with Gasteiger partial charge in [0.05, 0.1) is 20.3 Å². The van der Waals surface area contributed by atoms with Gasteiger partial charge in [0.1, 0.15) is 5.56 Å². The zero-order valence-corrected chi connectivity index (χ0v) is 16.3. The van der Waals surface area contributed by atoms with Gasteiger partial charge in [0.2, 0.25) is 11.8 Å². The van der Waals surface area contributed by atoms with E-state index < -0.39 is 17.5 Å². The van der Waals surface area contributed by atoms with E-state index in [9.17, 15) is 14.7 Å². The number of thioether (sulfide) groups is 1. The van der Waals surface area contributed by atoms with Gasteiger partial charge in [0.15, 0.2) is 16.7 Å². The maximum absolute atomic E-state index is 13.0. The van der Waals surface area contributed by atoms with Crippen LogP contribution in [-0.2, 0) is 6.42 Å². The number of nitrogens with zero attached hydrogens (tertiary/aromatic N) is 2. The molecule has 1 atom stereocenters. The van der Waals surface area contributed by atoms with Crippen LogP contribution in [0, 0.1) is 0 Å². The lowest BCUT2D eigenvalue weighted by molar-refractivity contribution is 0.0918. The fourth-order valence-electron chi connectivity index (χ4n) is 3.31. The summed E-state index contributed by atoms with van der Waals surface area (Å²) in [7, 11) is 3.09. The number of ether oxygens (including phenoxy) is 2. The first-order valence-corrected chi connectivity index (χ1v) is 9.54. The van der Waals surface area contributed by atoms with Gasteiger partial charge >= 0.3 is 0 Å². The van der Waals surface area contributed by atoms with E-state index in [1.165, 1.54) is 14.0 Å². The molecule has 1 aliphatic rings. The summed E-state index contributed by atoms with van der Waals surface area (Å²) in [5.74, 6) is 0.270. The second-order valence-corrected chi connectivity index (χ2v) is 6.81. The van der Waals surface area contributed by atoms with Gasteiger partial charge in [-0.2, -0.15) is 4.98 Å². The number of carbonyl (C=O) groups excluding carboxylic acids is 1. The fourth-order valence-corrected chi connectivity index (χ4v) is 3.88. The highest BCUT2D eigenvalue weighted by Gasteiger charge is 2.31. The minimum Gasteiger partial charge on any atom is -0.493 e. The van der Waals surface area contributed by atoms with Crippen LogP contribution < -0.4 is 20.3 Å². The Morgan fingerprint density at radius 2 is 2.00 bits per heavy atom. The molecule has 1 aromatic carbocycles. The van der Waals surface area contributed by atoms with E-state index in [4.69, 9.17) is 9.47 Å². The molecule has 0 fully saturated rings. The maximum atomic E-state index is 13.0. The third-order valence-electron chi connectivity index (χ3n) is 4.55. The predicted octanol–water partition coefficient (Wildman–Crippen LogP) is 1.58. The fraction of sp³-hybridized carbons (Fsp3) is 0.389. The largest absolute Gasteiger partial charge is 0.493 e. The average molecular weight is 391 g/mol. The number of fused-ring (bicyclic) bond motifs is 1. The second kappa shape index (κ2) is 7.61. The molecule has 9 heteroatoms. The highest BCUT2D eigenvalue weighted by Crippen LogP contribution is 2.38. The number of aromatic nitrogens is 2. The molecule has 3 rings (SSSR count). The molecule has 144 valence electrons. The van der Waals surface area contributed by atoms with Crippen molar-refractivity contribution < 1.29 is 19.4 Å². The summed E-state index contributed by atoms with van der Waals surface area (Å²) in [6.07, 6.45) is 2.41. The van der Waals surface area contributed by atoms with Crippen molar-refractivity contribution in [2.24, 2.45) is 0 Å². The lowest BCUT2D eigenvalue weighted by atomic mass is 9.90. The summed E-state index contributed by atoms with van der Waals surface area (Å²) >= 11 is 1.12. The molecule has 8 nitrogen and oxygen atoms in total. The molecule has 0 saturated heterocycles. The standard InChI is InChI=1S/C18H21N3O5S/c1-9(22)21-17(24)14(16(23)20-18(21)27-4)15-11-8-13(26-3)12(25-2)7-10(11)5-6-19-15/h7-8,15,19,23H,5-6H2,1-4H3/t15-/m0/s1. The molecule has 1 aliphatic heterocycles. The molecule has 0 saturated carbocycles. The van der Waals surface area contributed by atoms with E-state index in [0.717, 1.165) is 33.9 Å². The monoisotopic (exact) mass is 391 g/mol. The number of benzene rings is 1. The third-order valence-corrected chi connectivity index (χ3v) is 5.19. The number of aromatic hydroxyl groups is 1. The topological polar surface area (TPSA) is 103 Å². The summed E-state index contributed by atoms with van der Waals surface area (Å²) in [5, 5.41) is 13.9. The molecule has 0 aliphatic carbocycles. The number of rotatable bonds is 4. The molecule has 0 radical (unpaired) electrons. The Morgan fingerprint density at radius 3 is 2.59 bits per heavy atom. The van der Waals surface area contributed by atoms with Crippen LogP contribution in [-0.4, -0.2) is 47.6 Å². The van der Waals surface area contributed by atoms with Crippen molar-refractivity contribution in [3.05, 3.63) is 39.2 Å².